The van der Waals surface area contributed by atoms with Crippen molar-refractivity contribution in [1.29, 1.82) is 0 Å². The van der Waals surface area contributed by atoms with Gasteiger partial charge in [0.1, 0.15) is 6.54 Å². The van der Waals surface area contributed by atoms with Crippen molar-refractivity contribution < 1.29 is 22.3 Å². The molecule has 0 amide bonds. The molecule has 0 spiro atoms. The monoisotopic (exact) mass is 317 g/mol. The van der Waals surface area contributed by atoms with Gasteiger partial charge in [0.25, 0.3) is 0 Å². The van der Waals surface area contributed by atoms with E-state index in [2.05, 4.69) is 36.0 Å². The largest absolute Gasteiger partial charge is 0.748 e. The van der Waals surface area contributed by atoms with Crippen LogP contribution in [0.1, 0.15) is 39.5 Å². The Morgan fingerprint density at radius 2 is 1.71 bits per heavy atom. The summed E-state index contributed by atoms with van der Waals surface area (Å²) < 4.78 is 37.4. The van der Waals surface area contributed by atoms with E-state index in [1.54, 1.807) is 0 Å². The van der Waals surface area contributed by atoms with E-state index in [0.29, 0.717) is 26.1 Å². The zero-order valence-electron chi connectivity index (χ0n) is 13.0. The van der Waals surface area contributed by atoms with Gasteiger partial charge < -0.3 is 9.29 Å². The minimum atomic E-state index is -4.02. The lowest BCUT2D eigenvalue weighted by atomic mass is 10.3. The highest BCUT2D eigenvalue weighted by atomic mass is 32.2. The smallest absolute Gasteiger partial charge is 0.168 e. The first-order chi connectivity index (χ1) is 9.99. The maximum absolute atomic E-state index is 10.1. The van der Waals surface area contributed by atoms with E-state index in [4.69, 9.17) is 4.74 Å². The van der Waals surface area contributed by atoms with Crippen LogP contribution in [0.25, 0.3) is 0 Å². The number of rotatable bonds is 9. The van der Waals surface area contributed by atoms with Crippen molar-refractivity contribution in [2.45, 2.75) is 46.1 Å². The second-order valence-corrected chi connectivity index (χ2v) is 6.16. The van der Waals surface area contributed by atoms with Gasteiger partial charge in [0.15, 0.2) is 12.4 Å². The highest BCUT2D eigenvalue weighted by Crippen LogP contribution is 1.94. The summed E-state index contributed by atoms with van der Waals surface area (Å²) in [7, 11) is -4.02. The second kappa shape index (κ2) is 12.7. The molecule has 0 unspecified atom stereocenters. The number of ether oxygens (including phenoxy) is 1. The van der Waals surface area contributed by atoms with Crippen LogP contribution in [-0.4, -0.2) is 31.9 Å². The van der Waals surface area contributed by atoms with Gasteiger partial charge in [-0.3, -0.25) is 0 Å². The Kier molecular flexibility index (Phi) is 12.1. The molecular formula is C15H27NO4S. The fourth-order valence-corrected chi connectivity index (χ4v) is 2.11. The van der Waals surface area contributed by atoms with Gasteiger partial charge in [-0.25, -0.2) is 13.0 Å². The maximum Gasteiger partial charge on any atom is 0.168 e. The Morgan fingerprint density at radius 1 is 1.05 bits per heavy atom. The average Bonchev–Trinajstić information content (AvgIpc) is 2.45. The predicted molar refractivity (Wildman–Crippen MR) is 81.8 cm³/mol. The van der Waals surface area contributed by atoms with Crippen LogP contribution >= 0.6 is 0 Å². The van der Waals surface area contributed by atoms with E-state index in [1.807, 2.05) is 13.0 Å². The van der Waals surface area contributed by atoms with E-state index in [-0.39, 0.29) is 5.75 Å². The van der Waals surface area contributed by atoms with Gasteiger partial charge >= 0.3 is 0 Å². The number of nitrogens with zero attached hydrogens (tertiary/aromatic N) is 1. The molecule has 1 rings (SSSR count). The van der Waals surface area contributed by atoms with E-state index >= 15 is 0 Å². The third kappa shape index (κ3) is 15.2. The van der Waals surface area contributed by atoms with E-state index < -0.39 is 10.1 Å². The molecule has 0 radical (unpaired) electrons. The van der Waals surface area contributed by atoms with Crippen molar-refractivity contribution in [3.05, 3.63) is 30.6 Å². The lowest BCUT2D eigenvalue weighted by Crippen LogP contribution is -2.31. The van der Waals surface area contributed by atoms with Crippen LogP contribution in [0.2, 0.25) is 0 Å². The van der Waals surface area contributed by atoms with Gasteiger partial charge in [-0.2, -0.15) is 0 Å². The number of hydrogen-bond donors (Lipinski definition) is 0. The lowest BCUT2D eigenvalue weighted by Gasteiger charge is -2.05. The summed E-state index contributed by atoms with van der Waals surface area (Å²) in [6, 6.07) is 6.17. The molecule has 0 bridgehead atoms. The summed E-state index contributed by atoms with van der Waals surface area (Å²) in [4.78, 5) is 0. The van der Waals surface area contributed by atoms with Crippen molar-refractivity contribution in [1.82, 2.24) is 0 Å². The molecule has 0 saturated carbocycles. The summed E-state index contributed by atoms with van der Waals surface area (Å²) in [6.07, 6.45) is 7.78. The molecule has 0 saturated heterocycles. The molecular weight excluding hydrogens is 290 g/mol. The first-order valence-electron chi connectivity index (χ1n) is 7.45. The van der Waals surface area contributed by atoms with Crippen LogP contribution in [0.3, 0.4) is 0 Å². The zero-order valence-corrected chi connectivity index (χ0v) is 13.8. The van der Waals surface area contributed by atoms with E-state index in [9.17, 15) is 13.0 Å². The molecule has 0 N–H and O–H groups in total. The first-order valence-corrected chi connectivity index (χ1v) is 9.02. The molecule has 0 fully saturated rings. The molecule has 122 valence electrons. The Labute approximate surface area is 128 Å². The van der Waals surface area contributed by atoms with Crippen molar-refractivity contribution >= 4 is 10.1 Å². The SMILES string of the molecule is CCCC[n+]1ccccc1.CCOCCCCS(=O)(=O)[O-]. The maximum atomic E-state index is 10.1. The number of pyridine rings is 1. The number of unbranched alkanes of at least 4 members (excludes halogenated alkanes) is 2. The lowest BCUT2D eigenvalue weighted by molar-refractivity contribution is -0.697. The van der Waals surface area contributed by atoms with Crippen LogP contribution in [0.15, 0.2) is 30.6 Å². The standard InChI is InChI=1S/C9H14N.C6H14O4S/c1-2-3-7-10-8-5-4-6-9-10;1-2-10-5-3-4-6-11(7,8)9/h4-6,8-9H,2-3,7H2,1H3;2-6H2,1H3,(H,7,8,9)/q+1;/p-1. The molecule has 0 aliphatic rings. The minimum absolute atomic E-state index is 0.278. The number of hydrogen-bond acceptors (Lipinski definition) is 4. The van der Waals surface area contributed by atoms with Gasteiger partial charge in [-0.15, -0.1) is 0 Å². The number of aromatic nitrogens is 1. The fraction of sp³-hybridized carbons (Fsp3) is 0.667. The normalized spacial score (nSPS) is 10.8. The zero-order chi connectivity index (χ0) is 16.0. The quantitative estimate of drug-likeness (QED) is 0.397. The Balaban J connectivity index is 0.000000382. The summed E-state index contributed by atoms with van der Waals surface area (Å²) in [5.41, 5.74) is 0. The molecule has 1 aromatic rings. The summed E-state index contributed by atoms with van der Waals surface area (Å²) >= 11 is 0. The molecule has 0 aliphatic carbocycles. The van der Waals surface area contributed by atoms with E-state index in [1.165, 1.54) is 12.8 Å². The average molecular weight is 317 g/mol. The Morgan fingerprint density at radius 3 is 2.24 bits per heavy atom. The summed E-state index contributed by atoms with van der Waals surface area (Å²) in [5.74, 6) is -0.278. The van der Waals surface area contributed by atoms with Crippen molar-refractivity contribution in [3.63, 3.8) is 0 Å². The molecule has 0 aliphatic heterocycles. The fourth-order valence-electron chi connectivity index (χ4n) is 1.55. The van der Waals surface area contributed by atoms with Gasteiger partial charge in [-0.1, -0.05) is 19.4 Å². The van der Waals surface area contributed by atoms with Gasteiger partial charge in [0, 0.05) is 37.5 Å². The van der Waals surface area contributed by atoms with Crippen LogP contribution in [0, 0.1) is 0 Å². The molecule has 6 heteroatoms. The summed E-state index contributed by atoms with van der Waals surface area (Å²) in [5, 5.41) is 0. The second-order valence-electron chi connectivity index (χ2n) is 4.63. The molecule has 21 heavy (non-hydrogen) atoms. The Bertz CT molecular complexity index is 434. The van der Waals surface area contributed by atoms with Gasteiger partial charge in [0.2, 0.25) is 0 Å². The van der Waals surface area contributed by atoms with Crippen molar-refractivity contribution in [2.75, 3.05) is 19.0 Å². The third-order valence-corrected chi connectivity index (χ3v) is 3.47. The Hall–Kier alpha value is -0.980. The van der Waals surface area contributed by atoms with Crippen LogP contribution < -0.4 is 4.57 Å². The minimum Gasteiger partial charge on any atom is -0.748 e. The van der Waals surface area contributed by atoms with Crippen molar-refractivity contribution in [2.24, 2.45) is 0 Å². The highest BCUT2D eigenvalue weighted by Gasteiger charge is 1.94. The van der Waals surface area contributed by atoms with Crippen LogP contribution in [0.4, 0.5) is 0 Å². The molecule has 1 aromatic heterocycles. The van der Waals surface area contributed by atoms with Gasteiger partial charge in [-0.05, 0) is 19.8 Å². The van der Waals surface area contributed by atoms with Crippen LogP contribution in [0.5, 0.6) is 0 Å². The number of aryl methyl sites for hydroxylation is 1. The molecule has 0 aromatic carbocycles. The third-order valence-electron chi connectivity index (χ3n) is 2.68. The first kappa shape index (κ1) is 20.0. The molecule has 0 atom stereocenters. The summed E-state index contributed by atoms with van der Waals surface area (Å²) in [6.45, 7) is 6.39. The molecule has 1 heterocycles. The van der Waals surface area contributed by atoms with Gasteiger partial charge in [0.05, 0.1) is 10.1 Å². The van der Waals surface area contributed by atoms with Crippen molar-refractivity contribution in [3.8, 4) is 0 Å². The molecule has 5 nitrogen and oxygen atoms in total. The topological polar surface area (TPSA) is 70.3 Å². The van der Waals surface area contributed by atoms with Crippen LogP contribution in [-0.2, 0) is 21.4 Å². The highest BCUT2D eigenvalue weighted by molar-refractivity contribution is 7.85. The van der Waals surface area contributed by atoms with E-state index in [0.717, 1.165) is 6.54 Å². The predicted octanol–water partition coefficient (Wildman–Crippen LogP) is 2.12.